The molecule has 0 bridgehead atoms. The number of carbonyl (C=O) groups excluding carboxylic acids is 3. The highest BCUT2D eigenvalue weighted by molar-refractivity contribution is 5.94. The van der Waals surface area contributed by atoms with E-state index in [4.69, 9.17) is 4.74 Å². The lowest BCUT2D eigenvalue weighted by atomic mass is 9.92. The van der Waals surface area contributed by atoms with Gasteiger partial charge in [-0.2, -0.15) is 0 Å². The molecule has 1 aromatic carbocycles. The second kappa shape index (κ2) is 10.7. The number of ether oxygens (including phenoxy) is 3. The molecule has 1 atom stereocenters. The molecule has 0 radical (unpaired) electrons. The number of carbonyl (C=O) groups is 3. The molecule has 7 nitrogen and oxygen atoms in total. The van der Waals surface area contributed by atoms with E-state index >= 15 is 0 Å². The Morgan fingerprint density at radius 1 is 1.07 bits per heavy atom. The maximum Gasteiger partial charge on any atom is 0.384 e. The van der Waals surface area contributed by atoms with Crippen molar-refractivity contribution >= 4 is 17.8 Å². The number of amides is 1. The van der Waals surface area contributed by atoms with Crippen molar-refractivity contribution in [2.24, 2.45) is 0 Å². The molecule has 144 valence electrons. The van der Waals surface area contributed by atoms with Crippen molar-refractivity contribution in [3.8, 4) is 11.8 Å². The van der Waals surface area contributed by atoms with E-state index in [1.54, 1.807) is 30.3 Å². The third-order valence-electron chi connectivity index (χ3n) is 3.71. The van der Waals surface area contributed by atoms with E-state index in [0.29, 0.717) is 18.7 Å². The molecular formula is C20H23NO6. The minimum Gasteiger partial charge on any atom is -0.468 e. The van der Waals surface area contributed by atoms with Gasteiger partial charge in [-0.25, -0.2) is 9.59 Å². The number of methoxy groups -OCH3 is 2. The predicted octanol–water partition coefficient (Wildman–Crippen LogP) is 1.63. The Bertz CT molecular complexity index is 743. The van der Waals surface area contributed by atoms with Gasteiger partial charge in [0.2, 0.25) is 0 Å². The predicted molar refractivity (Wildman–Crippen MR) is 98.1 cm³/mol. The van der Waals surface area contributed by atoms with Crippen LogP contribution in [0.3, 0.4) is 0 Å². The molecule has 0 spiro atoms. The Hall–Kier alpha value is -3.27. The van der Waals surface area contributed by atoms with Crippen LogP contribution in [0.2, 0.25) is 0 Å². The molecular weight excluding hydrogens is 350 g/mol. The van der Waals surface area contributed by atoms with Crippen LogP contribution in [0, 0.1) is 11.8 Å². The highest BCUT2D eigenvalue weighted by Gasteiger charge is 2.43. The first-order valence-electron chi connectivity index (χ1n) is 8.33. The molecule has 1 aromatic rings. The lowest BCUT2D eigenvalue weighted by molar-refractivity contribution is -0.147. The van der Waals surface area contributed by atoms with Gasteiger partial charge in [-0.15, -0.1) is 0 Å². The molecule has 1 unspecified atom stereocenters. The minimum atomic E-state index is -1.83. The largest absolute Gasteiger partial charge is 0.468 e. The van der Waals surface area contributed by atoms with Gasteiger partial charge in [-0.05, 0) is 19.8 Å². The van der Waals surface area contributed by atoms with Crippen LogP contribution in [-0.4, -0.2) is 50.1 Å². The second-order valence-electron chi connectivity index (χ2n) is 5.21. The fourth-order valence-electron chi connectivity index (χ4n) is 2.25. The van der Waals surface area contributed by atoms with E-state index in [1.807, 2.05) is 13.8 Å². The van der Waals surface area contributed by atoms with E-state index < -0.39 is 23.4 Å². The van der Waals surface area contributed by atoms with Crippen LogP contribution in [-0.2, 0) is 34.2 Å². The highest BCUT2D eigenvalue weighted by Crippen LogP contribution is 2.28. The maximum absolute atomic E-state index is 13.3. The SMILES string of the molecule is CCN(CC)C(=O)C(C#CC(=O)OC)(O/C=C/C(=O)OC)c1ccccc1. The molecule has 7 heteroatoms. The first-order valence-corrected chi connectivity index (χ1v) is 8.33. The fraction of sp³-hybridized carbons (Fsp3) is 0.350. The molecule has 0 saturated heterocycles. The average Bonchev–Trinajstić information content (AvgIpc) is 2.71. The van der Waals surface area contributed by atoms with Crippen LogP contribution in [0.15, 0.2) is 42.7 Å². The zero-order valence-electron chi connectivity index (χ0n) is 15.9. The molecule has 0 fully saturated rings. The minimum absolute atomic E-state index is 0.410. The van der Waals surface area contributed by atoms with E-state index in [1.165, 1.54) is 19.1 Å². The zero-order chi connectivity index (χ0) is 20.3. The first-order chi connectivity index (χ1) is 12.9. The van der Waals surface area contributed by atoms with Crippen LogP contribution in [0.25, 0.3) is 0 Å². The van der Waals surface area contributed by atoms with Gasteiger partial charge in [0.05, 0.1) is 26.6 Å². The summed E-state index contributed by atoms with van der Waals surface area (Å²) < 4.78 is 14.8. The zero-order valence-corrected chi connectivity index (χ0v) is 15.9. The van der Waals surface area contributed by atoms with Gasteiger partial charge >= 0.3 is 11.9 Å². The van der Waals surface area contributed by atoms with Gasteiger partial charge in [0.1, 0.15) is 0 Å². The molecule has 0 aliphatic heterocycles. The molecule has 0 aromatic heterocycles. The number of hydrogen-bond donors (Lipinski definition) is 0. The van der Waals surface area contributed by atoms with Crippen LogP contribution in [0.5, 0.6) is 0 Å². The van der Waals surface area contributed by atoms with Crippen molar-refractivity contribution in [1.29, 1.82) is 0 Å². The van der Waals surface area contributed by atoms with Gasteiger partial charge in [-0.3, -0.25) is 4.79 Å². The number of esters is 2. The topological polar surface area (TPSA) is 82.1 Å². The molecule has 0 aliphatic rings. The van der Waals surface area contributed by atoms with Crippen LogP contribution >= 0.6 is 0 Å². The monoisotopic (exact) mass is 373 g/mol. The molecule has 0 aliphatic carbocycles. The summed E-state index contributed by atoms with van der Waals surface area (Å²) in [6, 6.07) is 8.51. The van der Waals surface area contributed by atoms with E-state index in [9.17, 15) is 14.4 Å². The number of hydrogen-bond acceptors (Lipinski definition) is 6. The summed E-state index contributed by atoms with van der Waals surface area (Å²) in [6.07, 6.45) is 2.05. The number of likely N-dealkylation sites (N-methyl/N-ethyl adjacent to an activating group) is 1. The number of nitrogens with zero attached hydrogens (tertiary/aromatic N) is 1. The van der Waals surface area contributed by atoms with Gasteiger partial charge in [0.15, 0.2) is 0 Å². The Kier molecular flexibility index (Phi) is 8.60. The molecule has 1 rings (SSSR count). The van der Waals surface area contributed by atoms with Gasteiger partial charge < -0.3 is 19.1 Å². The molecule has 0 saturated carbocycles. The fourth-order valence-corrected chi connectivity index (χ4v) is 2.25. The van der Waals surface area contributed by atoms with Crippen molar-refractivity contribution in [1.82, 2.24) is 4.90 Å². The van der Waals surface area contributed by atoms with Gasteiger partial charge in [-0.1, -0.05) is 30.3 Å². The van der Waals surface area contributed by atoms with Crippen molar-refractivity contribution < 1.29 is 28.6 Å². The Balaban J connectivity index is 3.57. The Morgan fingerprint density at radius 3 is 2.22 bits per heavy atom. The number of benzene rings is 1. The molecule has 27 heavy (non-hydrogen) atoms. The summed E-state index contributed by atoms with van der Waals surface area (Å²) in [4.78, 5) is 37.7. The normalized spacial score (nSPS) is 12.3. The highest BCUT2D eigenvalue weighted by atomic mass is 16.5. The van der Waals surface area contributed by atoms with E-state index in [2.05, 4.69) is 21.3 Å². The first kappa shape index (κ1) is 21.8. The van der Waals surface area contributed by atoms with Crippen LogP contribution < -0.4 is 0 Å². The molecule has 1 amide bonds. The Labute approximate surface area is 158 Å². The van der Waals surface area contributed by atoms with E-state index in [-0.39, 0.29) is 0 Å². The summed E-state index contributed by atoms with van der Waals surface area (Å²) in [5.41, 5.74) is -1.42. The summed E-state index contributed by atoms with van der Waals surface area (Å²) in [5.74, 6) is 2.93. The third-order valence-corrected chi connectivity index (χ3v) is 3.71. The summed E-state index contributed by atoms with van der Waals surface area (Å²) in [5, 5.41) is 0. The van der Waals surface area contributed by atoms with Gasteiger partial charge in [0, 0.05) is 24.6 Å². The van der Waals surface area contributed by atoms with Crippen LogP contribution in [0.1, 0.15) is 19.4 Å². The van der Waals surface area contributed by atoms with Crippen molar-refractivity contribution in [2.45, 2.75) is 19.4 Å². The summed E-state index contributed by atoms with van der Waals surface area (Å²) in [6.45, 7) is 4.45. The van der Waals surface area contributed by atoms with Crippen molar-refractivity contribution in [3.63, 3.8) is 0 Å². The molecule has 0 heterocycles. The van der Waals surface area contributed by atoms with Crippen LogP contribution in [0.4, 0.5) is 0 Å². The lowest BCUT2D eigenvalue weighted by Crippen LogP contribution is -2.47. The number of rotatable bonds is 7. The smallest absolute Gasteiger partial charge is 0.384 e. The Morgan fingerprint density at radius 2 is 1.70 bits per heavy atom. The van der Waals surface area contributed by atoms with Gasteiger partial charge in [0.25, 0.3) is 11.5 Å². The summed E-state index contributed by atoms with van der Waals surface area (Å²) in [7, 11) is 2.40. The van der Waals surface area contributed by atoms with Crippen molar-refractivity contribution in [3.05, 3.63) is 48.2 Å². The average molecular weight is 373 g/mol. The molecule has 0 N–H and O–H groups in total. The second-order valence-corrected chi connectivity index (χ2v) is 5.21. The summed E-state index contributed by atoms with van der Waals surface area (Å²) >= 11 is 0. The van der Waals surface area contributed by atoms with Crippen molar-refractivity contribution in [2.75, 3.05) is 27.3 Å². The maximum atomic E-state index is 13.3. The lowest BCUT2D eigenvalue weighted by Gasteiger charge is -2.32. The third kappa shape index (κ3) is 5.61. The standard InChI is InChI=1S/C20H23NO6/c1-5-21(6-2)19(24)20(14-12-17(22)25-3,16-10-8-7-9-11-16)27-15-13-18(23)26-4/h7-11,13,15H,5-6H2,1-4H3/b15-13+. The quantitative estimate of drug-likeness (QED) is 0.238. The van der Waals surface area contributed by atoms with E-state index in [0.717, 1.165) is 12.3 Å².